The summed E-state index contributed by atoms with van der Waals surface area (Å²) >= 11 is 0. The van der Waals surface area contributed by atoms with E-state index in [1.807, 2.05) is 0 Å². The number of likely N-dealkylation sites (tertiary alicyclic amines) is 2. The first-order chi connectivity index (χ1) is 45.7. The summed E-state index contributed by atoms with van der Waals surface area (Å²) in [5, 5.41) is 4.07. The summed E-state index contributed by atoms with van der Waals surface area (Å²) in [6.07, 6.45) is 11.1. The molecule has 15 rings (SSSR count). The number of piperidine rings is 3. The van der Waals surface area contributed by atoms with Crippen molar-refractivity contribution < 1.29 is 35.9 Å². The van der Waals surface area contributed by atoms with E-state index in [0.717, 1.165) is 6.54 Å². The number of fused-ring (bicyclic) bond motifs is 6. The maximum Gasteiger partial charge on any atom is 0.410 e. The molecule has 0 bridgehead atoms. The third kappa shape index (κ3) is 12.8. The summed E-state index contributed by atoms with van der Waals surface area (Å²) in [6.45, 7) is 16.3. The van der Waals surface area contributed by atoms with Gasteiger partial charge in [-0.25, -0.2) is 61.0 Å². The fourth-order valence-electron chi connectivity index (χ4n) is 12.7. The van der Waals surface area contributed by atoms with Crippen LogP contribution in [0.4, 0.5) is 31.1 Å². The van der Waals surface area contributed by atoms with Crippen LogP contribution in [0.15, 0.2) is 124 Å². The molecule has 12 aromatic rings. The summed E-state index contributed by atoms with van der Waals surface area (Å²) in [6, 6.07) is 19.3. The Morgan fingerprint density at radius 1 is 0.479 bits per heavy atom. The van der Waals surface area contributed by atoms with Crippen LogP contribution in [0.5, 0.6) is 0 Å². The van der Waals surface area contributed by atoms with Gasteiger partial charge in [0.25, 0.3) is 16.7 Å². The van der Waals surface area contributed by atoms with Gasteiger partial charge in [-0.1, -0.05) is 25.1 Å². The highest BCUT2D eigenvalue weighted by atomic mass is 19.2. The van der Waals surface area contributed by atoms with E-state index in [0.29, 0.717) is 117 Å². The van der Waals surface area contributed by atoms with Crippen LogP contribution in [-0.2, 0) is 21.7 Å². The molecule has 0 unspecified atom stereocenters. The van der Waals surface area contributed by atoms with Crippen LogP contribution in [0.1, 0.15) is 101 Å². The standard InChI is InChI=1S/C26H27F2N5O3.C23H23F2N5O.C21H19F2N5O/c1-15-13-33-14-17(12-19(27)21(33)29-15)16-5-6-20-18(11-16)22(34)31-23(30-20)26(28)7-9-32(10-8-26)24(35)36-25(2,3)4;1-3-29-8-6-23(25,7-9-29)22-27-19-5-4-15(10-17(19)21(31)28-22)16-11-18(24)20-26-14(2)12-30(20)13-16;1-12-10-28-11-14(9-16(22)18(28)25-12)13-2-3-17-15(8-13)19(29)27-20(26-17)21(23)4-6-24-7-5-21/h5-6,11-14H,7-10H2,1-4H3,(H,30,31,34);4-5,10-13H,3,6-9H2,1-2H3,(H,27,28,31);2-3,8-11,24H,4-7H2,1H3,(H,26,27,29). The second kappa shape index (κ2) is 24.9. The van der Waals surface area contributed by atoms with Gasteiger partial charge in [-0.05, 0) is 132 Å². The molecule has 0 radical (unpaired) electrons. The number of alkyl halides is 3. The Morgan fingerprint density at radius 3 is 1.15 bits per heavy atom. The predicted octanol–water partition coefficient (Wildman–Crippen LogP) is 12.1. The Bertz CT molecular complexity index is 5220. The fraction of sp³-hybridized carbons (Fsp3) is 0.343. The normalized spacial score (nSPS) is 16.4. The van der Waals surface area contributed by atoms with Crippen molar-refractivity contribution in [3.8, 4) is 33.4 Å². The average Bonchev–Trinajstić information content (AvgIpc) is 0.872. The van der Waals surface area contributed by atoms with E-state index in [9.17, 15) is 32.3 Å². The number of hydrogen-bond donors (Lipinski definition) is 4. The molecule has 0 aliphatic carbocycles. The third-order valence-electron chi connectivity index (χ3n) is 18.0. The number of H-pyrrole nitrogens is 3. The Kier molecular flexibility index (Phi) is 16.8. The van der Waals surface area contributed by atoms with Gasteiger partial charge in [0, 0.05) is 119 Å². The minimum atomic E-state index is -1.88. The lowest BCUT2D eigenvalue weighted by atomic mass is 9.92. The Balaban J connectivity index is 0.000000131. The molecule has 26 heteroatoms. The number of carbonyl (C=O) groups excluding carboxylic acids is 1. The molecular weight excluding hydrogens is 1240 g/mol. The summed E-state index contributed by atoms with van der Waals surface area (Å²) in [5.74, 6) is -1.24. The number of aromatic nitrogens is 12. The zero-order chi connectivity index (χ0) is 67.8. The van der Waals surface area contributed by atoms with Crippen LogP contribution in [-0.4, -0.2) is 125 Å². The van der Waals surface area contributed by atoms with Crippen molar-refractivity contribution in [2.75, 3.05) is 45.8 Å². The van der Waals surface area contributed by atoms with Gasteiger partial charge < -0.3 is 48.0 Å². The number of hydrogen-bond acceptors (Lipinski definition) is 13. The lowest BCUT2D eigenvalue weighted by Gasteiger charge is -2.36. The molecule has 4 N–H and O–H groups in total. The Labute approximate surface area is 544 Å². The van der Waals surface area contributed by atoms with Crippen molar-refractivity contribution >= 4 is 55.7 Å². The highest BCUT2D eigenvalue weighted by Gasteiger charge is 2.42. The SMILES string of the molecule is CCN1CCC(F)(c2nc3ccc(-c4cc(F)c5nc(C)cn5c4)cc3c(=O)[nH]2)CC1.Cc1cn2cc(-c3ccc4nc(C5(F)CCN(C(=O)OC(C)(C)C)CC5)[nH]c(=O)c4c3)cc(F)c2n1.Cc1cn2cc(-c3ccc4nc(C5(F)CCNCC5)[nH]c(=O)c4c3)cc(F)c2n1. The van der Waals surface area contributed by atoms with Gasteiger partial charge >= 0.3 is 6.09 Å². The molecular formula is C70H69F6N15O5. The van der Waals surface area contributed by atoms with E-state index in [1.54, 1.807) is 147 Å². The van der Waals surface area contributed by atoms with Crippen molar-refractivity contribution in [3.05, 3.63) is 193 Å². The molecule has 0 atom stereocenters. The van der Waals surface area contributed by atoms with Gasteiger partial charge in [0.05, 0.1) is 49.8 Å². The van der Waals surface area contributed by atoms with Gasteiger partial charge in [0.15, 0.2) is 51.4 Å². The van der Waals surface area contributed by atoms with Crippen LogP contribution in [0.2, 0.25) is 0 Å². The van der Waals surface area contributed by atoms with Crippen molar-refractivity contribution in [1.29, 1.82) is 0 Å². The first-order valence-electron chi connectivity index (χ1n) is 31.8. The van der Waals surface area contributed by atoms with Gasteiger partial charge in [-0.15, -0.1) is 0 Å². The second-order valence-corrected chi connectivity index (χ2v) is 26.1. The molecule has 496 valence electrons. The van der Waals surface area contributed by atoms with Crippen LogP contribution < -0.4 is 22.0 Å². The number of amides is 1. The number of nitrogens with one attached hydrogen (secondary N) is 4. The number of halogens is 6. The second-order valence-electron chi connectivity index (χ2n) is 26.1. The Morgan fingerprint density at radius 2 is 0.812 bits per heavy atom. The van der Waals surface area contributed by atoms with E-state index < -0.39 is 62.8 Å². The number of rotatable bonds is 7. The van der Waals surface area contributed by atoms with Crippen molar-refractivity contribution in [2.24, 2.45) is 0 Å². The number of aryl methyl sites for hydroxylation is 3. The van der Waals surface area contributed by atoms with Crippen molar-refractivity contribution in [3.63, 3.8) is 0 Å². The lowest BCUT2D eigenvalue weighted by molar-refractivity contribution is 0.000177. The van der Waals surface area contributed by atoms with Crippen LogP contribution in [0, 0.1) is 38.2 Å². The topological polar surface area (TPSA) is 234 Å². The number of aromatic amines is 3. The average molecular weight is 1310 g/mol. The number of benzene rings is 3. The zero-order valence-electron chi connectivity index (χ0n) is 53.8. The van der Waals surface area contributed by atoms with E-state index in [1.165, 1.54) is 23.1 Å². The van der Waals surface area contributed by atoms with Crippen LogP contribution in [0.25, 0.3) is 83.0 Å². The molecule has 9 aromatic heterocycles. The van der Waals surface area contributed by atoms with E-state index in [-0.39, 0.29) is 78.6 Å². The van der Waals surface area contributed by atoms with Gasteiger partial charge in [-0.2, -0.15) is 0 Å². The third-order valence-corrected chi connectivity index (χ3v) is 18.0. The first kappa shape index (κ1) is 64.6. The number of carbonyl (C=O) groups is 1. The lowest BCUT2D eigenvalue weighted by Crippen LogP contribution is -2.46. The molecule has 0 spiro atoms. The zero-order valence-corrected chi connectivity index (χ0v) is 53.8. The molecule has 96 heavy (non-hydrogen) atoms. The smallest absolute Gasteiger partial charge is 0.410 e. The minimum Gasteiger partial charge on any atom is -0.444 e. The Hall–Kier alpha value is -10.1. The molecule has 0 saturated carbocycles. The van der Waals surface area contributed by atoms with E-state index in [2.05, 4.69) is 62.0 Å². The summed E-state index contributed by atoms with van der Waals surface area (Å²) in [7, 11) is 0. The van der Waals surface area contributed by atoms with E-state index in [4.69, 9.17) is 4.74 Å². The van der Waals surface area contributed by atoms with Crippen LogP contribution >= 0.6 is 0 Å². The van der Waals surface area contributed by atoms with Gasteiger partial charge in [0.2, 0.25) is 0 Å². The summed E-state index contributed by atoms with van der Waals surface area (Å²) in [4.78, 5) is 88.0. The summed E-state index contributed by atoms with van der Waals surface area (Å²) < 4.78 is 100. The molecule has 3 aliphatic rings. The highest BCUT2D eigenvalue weighted by molar-refractivity contribution is 5.86. The highest BCUT2D eigenvalue weighted by Crippen LogP contribution is 2.39. The minimum absolute atomic E-state index is 0.0115. The van der Waals surface area contributed by atoms with Gasteiger partial charge in [-0.3, -0.25) is 14.4 Å². The van der Waals surface area contributed by atoms with Crippen molar-refractivity contribution in [2.45, 2.75) is 110 Å². The molecule has 1 amide bonds. The molecule has 3 aliphatic heterocycles. The molecule has 20 nitrogen and oxygen atoms in total. The largest absolute Gasteiger partial charge is 0.444 e. The molecule has 3 fully saturated rings. The number of nitrogens with zero attached hydrogens (tertiary/aromatic N) is 11. The molecule has 3 saturated heterocycles. The maximum atomic E-state index is 15.9. The number of pyridine rings is 3. The first-order valence-corrected chi connectivity index (χ1v) is 31.8. The molecule has 3 aromatic carbocycles. The van der Waals surface area contributed by atoms with E-state index >= 15 is 13.2 Å². The number of imidazole rings is 3. The maximum absolute atomic E-state index is 15.9. The molecule has 12 heterocycles. The van der Waals surface area contributed by atoms with Crippen molar-refractivity contribution in [1.82, 2.24) is 73.2 Å². The van der Waals surface area contributed by atoms with Gasteiger partial charge in [0.1, 0.15) is 23.1 Å². The monoisotopic (exact) mass is 1310 g/mol. The fourth-order valence-corrected chi connectivity index (χ4v) is 12.7. The summed E-state index contributed by atoms with van der Waals surface area (Å²) in [5.41, 5.74) is 0.739. The van der Waals surface area contributed by atoms with Crippen LogP contribution in [0.3, 0.4) is 0 Å². The number of ether oxygens (including phenoxy) is 1. The predicted molar refractivity (Wildman–Crippen MR) is 353 cm³/mol. The quantitative estimate of drug-likeness (QED) is 0.109.